The summed E-state index contributed by atoms with van der Waals surface area (Å²) in [5.41, 5.74) is 12.3. The summed E-state index contributed by atoms with van der Waals surface area (Å²) in [5, 5.41) is 4.31. The van der Waals surface area contributed by atoms with Crippen LogP contribution in [0.2, 0.25) is 0 Å². The maximum Gasteiger partial charge on any atom is 0.164 e. The van der Waals surface area contributed by atoms with Crippen molar-refractivity contribution < 1.29 is 8.83 Å². The molecule has 5 nitrogen and oxygen atoms in total. The van der Waals surface area contributed by atoms with Gasteiger partial charge in [-0.2, -0.15) is 0 Å². The first kappa shape index (κ1) is 33.0. The summed E-state index contributed by atoms with van der Waals surface area (Å²) >= 11 is 0. The molecular weight excluding hydrogens is 687 g/mol. The second-order valence-electron chi connectivity index (χ2n) is 13.7. The monoisotopic (exact) mass is 719 g/mol. The van der Waals surface area contributed by atoms with Gasteiger partial charge in [-0.25, -0.2) is 15.0 Å². The summed E-state index contributed by atoms with van der Waals surface area (Å²) in [5.74, 6) is 1.67. The quantitative estimate of drug-likeness (QED) is 0.146. The van der Waals surface area contributed by atoms with Crippen LogP contribution in [0.3, 0.4) is 0 Å². The molecule has 0 fully saturated rings. The lowest BCUT2D eigenvalue weighted by Crippen LogP contribution is -2.02. The van der Waals surface area contributed by atoms with E-state index in [2.05, 4.69) is 116 Å². The molecule has 10 rings (SSSR count). The number of benzene rings is 7. The van der Waals surface area contributed by atoms with E-state index in [1.807, 2.05) is 60.7 Å². The SMILES string of the molecule is C=C/C=C(\C=C)c1nc(-c2ccc(-c3ccccc3)cc2)nc(-c2cccc(-c3cccc(-c4cccc5c4oc4cc6oc7ccccc7c6cc45)c3)c2)n1. The van der Waals surface area contributed by atoms with Crippen molar-refractivity contribution in [3.63, 3.8) is 0 Å². The van der Waals surface area contributed by atoms with Gasteiger partial charge in [-0.05, 0) is 52.1 Å². The lowest BCUT2D eigenvalue weighted by Gasteiger charge is -2.11. The number of furan rings is 2. The number of rotatable bonds is 8. The highest BCUT2D eigenvalue weighted by atomic mass is 16.3. The van der Waals surface area contributed by atoms with Gasteiger partial charge in [0.1, 0.15) is 22.3 Å². The van der Waals surface area contributed by atoms with E-state index in [0.29, 0.717) is 17.5 Å². The van der Waals surface area contributed by atoms with Crippen molar-refractivity contribution >= 4 is 49.5 Å². The van der Waals surface area contributed by atoms with Gasteiger partial charge >= 0.3 is 0 Å². The maximum absolute atomic E-state index is 6.60. The predicted molar refractivity (Wildman–Crippen MR) is 230 cm³/mol. The number of hydrogen-bond acceptors (Lipinski definition) is 5. The van der Waals surface area contributed by atoms with E-state index in [-0.39, 0.29) is 0 Å². The van der Waals surface area contributed by atoms with Crippen molar-refractivity contribution in [1.29, 1.82) is 0 Å². The molecule has 56 heavy (non-hydrogen) atoms. The van der Waals surface area contributed by atoms with Crippen molar-refractivity contribution in [2.45, 2.75) is 0 Å². The van der Waals surface area contributed by atoms with E-state index in [4.69, 9.17) is 23.8 Å². The fourth-order valence-electron chi connectivity index (χ4n) is 7.51. The third-order valence-corrected chi connectivity index (χ3v) is 10.3. The molecule has 10 aromatic rings. The van der Waals surface area contributed by atoms with E-state index < -0.39 is 0 Å². The van der Waals surface area contributed by atoms with Crippen LogP contribution in [0.15, 0.2) is 198 Å². The van der Waals surface area contributed by atoms with Gasteiger partial charge in [0.05, 0.1) is 0 Å². The van der Waals surface area contributed by atoms with Crippen LogP contribution in [-0.2, 0) is 0 Å². The summed E-state index contributed by atoms with van der Waals surface area (Å²) in [6.45, 7) is 7.91. The minimum atomic E-state index is 0.527. The Morgan fingerprint density at radius 3 is 1.80 bits per heavy atom. The van der Waals surface area contributed by atoms with Crippen molar-refractivity contribution in [2.75, 3.05) is 0 Å². The van der Waals surface area contributed by atoms with Gasteiger partial charge in [-0.1, -0.05) is 159 Å². The number of hydrogen-bond donors (Lipinski definition) is 0. The van der Waals surface area contributed by atoms with Crippen LogP contribution in [0.25, 0.3) is 106 Å². The number of nitrogens with zero attached hydrogens (tertiary/aromatic N) is 3. The average Bonchev–Trinajstić information content (AvgIpc) is 3.82. The van der Waals surface area contributed by atoms with Gasteiger partial charge in [0.25, 0.3) is 0 Å². The first-order chi connectivity index (χ1) is 27.6. The first-order valence-electron chi connectivity index (χ1n) is 18.5. The Kier molecular flexibility index (Phi) is 8.04. The van der Waals surface area contributed by atoms with Crippen molar-refractivity contribution in [2.24, 2.45) is 0 Å². The number of fused-ring (bicyclic) bond motifs is 6. The van der Waals surface area contributed by atoms with Crippen LogP contribution in [-0.4, -0.2) is 15.0 Å². The highest BCUT2D eigenvalue weighted by Crippen LogP contribution is 2.40. The predicted octanol–water partition coefficient (Wildman–Crippen LogP) is 13.8. The van der Waals surface area contributed by atoms with Gasteiger partial charge < -0.3 is 8.83 Å². The maximum atomic E-state index is 6.60. The zero-order chi connectivity index (χ0) is 37.6. The second kappa shape index (κ2) is 13.7. The molecule has 0 radical (unpaired) electrons. The van der Waals surface area contributed by atoms with Crippen molar-refractivity contribution in [3.8, 4) is 56.2 Å². The Morgan fingerprint density at radius 2 is 1.02 bits per heavy atom. The molecule has 0 aliphatic carbocycles. The third kappa shape index (κ3) is 5.79. The molecule has 0 N–H and O–H groups in total. The molecule has 3 aromatic heterocycles. The van der Waals surface area contributed by atoms with E-state index in [1.165, 1.54) is 0 Å². The van der Waals surface area contributed by atoms with Gasteiger partial charge in [0.2, 0.25) is 0 Å². The highest BCUT2D eigenvalue weighted by molar-refractivity contribution is 6.16. The Balaban J connectivity index is 1.04. The molecule has 0 aliphatic heterocycles. The van der Waals surface area contributed by atoms with Gasteiger partial charge in [-0.15, -0.1) is 0 Å². The molecule has 0 unspecified atom stereocenters. The molecule has 5 heteroatoms. The summed E-state index contributed by atoms with van der Waals surface area (Å²) in [7, 11) is 0. The topological polar surface area (TPSA) is 65.0 Å². The molecule has 0 amide bonds. The Labute approximate surface area is 323 Å². The number of aromatic nitrogens is 3. The summed E-state index contributed by atoms with van der Waals surface area (Å²) in [6, 6.07) is 54.2. The van der Waals surface area contributed by atoms with Crippen LogP contribution in [0.5, 0.6) is 0 Å². The molecule has 0 aliphatic rings. The molecule has 0 spiro atoms. The van der Waals surface area contributed by atoms with Crippen LogP contribution < -0.4 is 0 Å². The van der Waals surface area contributed by atoms with Crippen LogP contribution in [0.4, 0.5) is 0 Å². The first-order valence-corrected chi connectivity index (χ1v) is 18.5. The van der Waals surface area contributed by atoms with E-state index in [9.17, 15) is 0 Å². The molecule has 0 atom stereocenters. The largest absolute Gasteiger partial charge is 0.456 e. The minimum Gasteiger partial charge on any atom is -0.456 e. The normalized spacial score (nSPS) is 11.8. The fraction of sp³-hybridized carbons (Fsp3) is 0. The van der Waals surface area contributed by atoms with Crippen LogP contribution in [0, 0.1) is 0 Å². The highest BCUT2D eigenvalue weighted by Gasteiger charge is 2.17. The van der Waals surface area contributed by atoms with Crippen LogP contribution >= 0.6 is 0 Å². The molecule has 3 heterocycles. The van der Waals surface area contributed by atoms with E-state index in [1.54, 1.807) is 12.2 Å². The number of para-hydroxylation sites is 2. The zero-order valence-electron chi connectivity index (χ0n) is 30.3. The smallest absolute Gasteiger partial charge is 0.164 e. The van der Waals surface area contributed by atoms with Gasteiger partial charge in [-0.3, -0.25) is 0 Å². The number of allylic oxidation sites excluding steroid dienone is 4. The van der Waals surface area contributed by atoms with Crippen molar-refractivity contribution in [1.82, 2.24) is 15.0 Å². The lowest BCUT2D eigenvalue weighted by atomic mass is 9.96. The molecule has 0 saturated heterocycles. The standard InChI is InChI=1S/C51H33N3O2/c1-3-13-32(4-2)49-52-50(35-26-24-34(25-27-35)33-14-6-5-7-15-33)54-51(53-49)39-19-11-17-37(29-39)36-16-10-18-38(28-36)40-21-12-22-42-44-30-43-41-20-8-9-23-45(41)55-46(43)31-47(44)56-48(40)42/h3-31H,1-2H2/b32-13+. The molecule has 0 bridgehead atoms. The van der Waals surface area contributed by atoms with E-state index in [0.717, 1.165) is 94.0 Å². The molecule has 7 aromatic carbocycles. The molecule has 264 valence electrons. The van der Waals surface area contributed by atoms with E-state index >= 15 is 0 Å². The van der Waals surface area contributed by atoms with Crippen LogP contribution in [0.1, 0.15) is 5.82 Å². The van der Waals surface area contributed by atoms with Crippen molar-refractivity contribution in [3.05, 3.63) is 195 Å². The third-order valence-electron chi connectivity index (χ3n) is 10.3. The molecular formula is C51H33N3O2. The fourth-order valence-corrected chi connectivity index (χ4v) is 7.51. The average molecular weight is 720 g/mol. The van der Waals surface area contributed by atoms with Gasteiger partial charge in [0.15, 0.2) is 17.5 Å². The summed E-state index contributed by atoms with van der Waals surface area (Å²) in [6.07, 6.45) is 5.32. The Morgan fingerprint density at radius 1 is 0.429 bits per heavy atom. The molecule has 0 saturated carbocycles. The zero-order valence-corrected chi connectivity index (χ0v) is 30.3. The Bertz CT molecular complexity index is 3170. The summed E-state index contributed by atoms with van der Waals surface area (Å²) < 4.78 is 12.8. The van der Waals surface area contributed by atoms with Gasteiger partial charge in [0, 0.05) is 49.9 Å². The Hall–Kier alpha value is -7.63. The lowest BCUT2D eigenvalue weighted by molar-refractivity contribution is 0.656. The second-order valence-corrected chi connectivity index (χ2v) is 13.7. The minimum absolute atomic E-state index is 0.527. The summed E-state index contributed by atoms with van der Waals surface area (Å²) in [4.78, 5) is 14.8.